The summed E-state index contributed by atoms with van der Waals surface area (Å²) in [5.74, 6) is 0. The third kappa shape index (κ3) is 2.37. The summed E-state index contributed by atoms with van der Waals surface area (Å²) in [6.07, 6.45) is 1.85. The average Bonchev–Trinajstić information content (AvgIpc) is 2.63. The molecule has 0 N–H and O–H groups in total. The highest BCUT2D eigenvalue weighted by Gasteiger charge is 2.22. The molecule has 2 aromatic heterocycles. The lowest BCUT2D eigenvalue weighted by atomic mass is 9.97. The maximum atomic E-state index is 4.60. The number of hydrogen-bond acceptors (Lipinski definition) is 1. The molecule has 0 unspecified atom stereocenters. The highest BCUT2D eigenvalue weighted by Crippen LogP contribution is 2.32. The van der Waals surface area contributed by atoms with Crippen LogP contribution in [0.25, 0.3) is 33.4 Å². The maximum absolute atomic E-state index is 4.60. The number of para-hydroxylation sites is 1. The minimum Gasteiger partial charge on any atom is -0.256 e. The van der Waals surface area contributed by atoms with Gasteiger partial charge in [0, 0.05) is 23.2 Å². The van der Waals surface area contributed by atoms with Crippen molar-refractivity contribution >= 4 is 10.9 Å². The van der Waals surface area contributed by atoms with E-state index >= 15 is 0 Å². The van der Waals surface area contributed by atoms with Gasteiger partial charge in [-0.2, -0.15) is 4.57 Å². The van der Waals surface area contributed by atoms with Gasteiger partial charge in [0.15, 0.2) is 0 Å². The first-order valence-corrected chi connectivity index (χ1v) is 8.15. The monoisotopic (exact) mass is 311 g/mol. The van der Waals surface area contributed by atoms with Gasteiger partial charge in [-0.3, -0.25) is 4.98 Å². The molecular weight excluding hydrogens is 292 g/mol. The van der Waals surface area contributed by atoms with E-state index < -0.39 is 0 Å². The third-order valence-corrected chi connectivity index (χ3v) is 4.53. The molecule has 0 bridgehead atoms. The lowest BCUT2D eigenvalue weighted by Crippen LogP contribution is -2.33. The molecule has 0 spiro atoms. The van der Waals surface area contributed by atoms with E-state index in [9.17, 15) is 0 Å². The van der Waals surface area contributed by atoms with Gasteiger partial charge in [0.25, 0.3) is 0 Å². The average molecular weight is 311 g/mol. The van der Waals surface area contributed by atoms with Crippen LogP contribution in [-0.4, -0.2) is 4.98 Å². The van der Waals surface area contributed by atoms with Crippen LogP contribution in [0.3, 0.4) is 0 Å². The van der Waals surface area contributed by atoms with Crippen molar-refractivity contribution in [3.8, 4) is 22.5 Å². The predicted molar refractivity (Wildman–Crippen MR) is 98.5 cm³/mol. The Balaban J connectivity index is 2.14. The number of hydrogen-bond donors (Lipinski definition) is 0. The first-order valence-electron chi connectivity index (χ1n) is 8.15. The van der Waals surface area contributed by atoms with Crippen molar-refractivity contribution in [1.82, 2.24) is 4.98 Å². The van der Waals surface area contributed by atoms with Crippen molar-refractivity contribution in [1.29, 1.82) is 0 Å². The zero-order chi connectivity index (χ0) is 16.5. The van der Waals surface area contributed by atoms with Gasteiger partial charge in [-0.25, -0.2) is 0 Å². The van der Waals surface area contributed by atoms with Gasteiger partial charge in [0.05, 0.1) is 11.3 Å². The van der Waals surface area contributed by atoms with E-state index in [0.717, 1.165) is 11.3 Å². The predicted octanol–water partition coefficient (Wildman–Crippen LogP) is 4.70. The molecular formula is C22H19N2+. The molecule has 24 heavy (non-hydrogen) atoms. The van der Waals surface area contributed by atoms with E-state index in [1.54, 1.807) is 0 Å². The zero-order valence-corrected chi connectivity index (χ0v) is 13.9. The first kappa shape index (κ1) is 14.6. The van der Waals surface area contributed by atoms with E-state index in [1.165, 1.54) is 27.7 Å². The molecule has 0 radical (unpaired) electrons. The van der Waals surface area contributed by atoms with Gasteiger partial charge in [-0.05, 0) is 42.8 Å². The Kier molecular flexibility index (Phi) is 3.58. The number of pyridine rings is 2. The normalized spacial score (nSPS) is 10.9. The van der Waals surface area contributed by atoms with E-state index in [-0.39, 0.29) is 0 Å². The molecule has 0 aliphatic heterocycles. The number of fused-ring (bicyclic) bond motifs is 1. The SMILES string of the molecule is Cc1ccccc1-c1c(-c2ccccn2)cc2ccccc2[n+]1C. The van der Waals surface area contributed by atoms with Gasteiger partial charge >= 0.3 is 0 Å². The molecule has 2 heteroatoms. The van der Waals surface area contributed by atoms with E-state index in [1.807, 2.05) is 18.3 Å². The molecule has 2 nitrogen and oxygen atoms in total. The molecule has 0 aliphatic rings. The summed E-state index contributed by atoms with van der Waals surface area (Å²) in [5, 5.41) is 1.22. The van der Waals surface area contributed by atoms with Crippen LogP contribution in [0, 0.1) is 6.92 Å². The van der Waals surface area contributed by atoms with E-state index in [4.69, 9.17) is 0 Å². The molecule has 0 fully saturated rings. The summed E-state index contributed by atoms with van der Waals surface area (Å²) < 4.78 is 2.28. The Hall–Kier alpha value is -3.00. The smallest absolute Gasteiger partial charge is 0.222 e. The van der Waals surface area contributed by atoms with Gasteiger partial charge in [0.2, 0.25) is 11.2 Å². The summed E-state index contributed by atoms with van der Waals surface area (Å²) in [5.41, 5.74) is 7.08. The van der Waals surface area contributed by atoms with Crippen molar-refractivity contribution in [2.24, 2.45) is 7.05 Å². The summed E-state index contributed by atoms with van der Waals surface area (Å²) in [7, 11) is 2.14. The van der Waals surface area contributed by atoms with Gasteiger partial charge in [0.1, 0.15) is 7.05 Å². The number of aryl methyl sites for hydroxylation is 2. The highest BCUT2D eigenvalue weighted by atomic mass is 14.9. The summed E-state index contributed by atoms with van der Waals surface area (Å²) in [4.78, 5) is 4.60. The minimum absolute atomic E-state index is 0.997. The fraction of sp³-hybridized carbons (Fsp3) is 0.0909. The van der Waals surface area contributed by atoms with Crippen molar-refractivity contribution in [3.63, 3.8) is 0 Å². The minimum atomic E-state index is 0.997. The summed E-state index contributed by atoms with van der Waals surface area (Å²) in [6.45, 7) is 2.16. The quantitative estimate of drug-likeness (QED) is 0.490. The third-order valence-electron chi connectivity index (χ3n) is 4.53. The van der Waals surface area contributed by atoms with Gasteiger partial charge in [-0.1, -0.05) is 36.4 Å². The zero-order valence-electron chi connectivity index (χ0n) is 13.9. The fourth-order valence-corrected chi connectivity index (χ4v) is 3.32. The van der Waals surface area contributed by atoms with Crippen LogP contribution >= 0.6 is 0 Å². The van der Waals surface area contributed by atoms with Crippen LogP contribution in [0.2, 0.25) is 0 Å². The van der Waals surface area contributed by atoms with Crippen LogP contribution in [0.1, 0.15) is 5.56 Å². The second-order valence-corrected chi connectivity index (χ2v) is 6.05. The molecule has 0 atom stereocenters. The Morgan fingerprint density at radius 2 is 1.54 bits per heavy atom. The Labute approximate surface area is 142 Å². The van der Waals surface area contributed by atoms with Crippen LogP contribution in [0.15, 0.2) is 79.0 Å². The molecule has 2 aromatic carbocycles. The number of aromatic nitrogens is 2. The summed E-state index contributed by atoms with van der Waals surface area (Å²) >= 11 is 0. The Bertz CT molecular complexity index is 1020. The number of rotatable bonds is 2. The van der Waals surface area contributed by atoms with Crippen molar-refractivity contribution in [2.75, 3.05) is 0 Å². The number of nitrogens with zero attached hydrogens (tertiary/aromatic N) is 2. The van der Waals surface area contributed by atoms with Crippen LogP contribution in [0.4, 0.5) is 0 Å². The maximum Gasteiger partial charge on any atom is 0.222 e. The Morgan fingerprint density at radius 3 is 2.33 bits per heavy atom. The standard InChI is InChI=1S/C22H19N2/c1-16-9-3-5-11-18(16)22-19(20-12-7-8-14-23-20)15-17-10-4-6-13-21(17)24(22)2/h3-15H,1-2H3/q+1. The largest absolute Gasteiger partial charge is 0.256 e. The molecule has 4 rings (SSSR count). The first-order chi connectivity index (χ1) is 11.8. The molecule has 2 heterocycles. The van der Waals surface area contributed by atoms with E-state index in [2.05, 4.69) is 84.2 Å². The fourth-order valence-electron chi connectivity index (χ4n) is 3.32. The molecule has 0 saturated heterocycles. The van der Waals surface area contributed by atoms with Crippen LogP contribution < -0.4 is 4.57 Å². The van der Waals surface area contributed by atoms with Crippen molar-refractivity contribution < 1.29 is 4.57 Å². The second-order valence-electron chi connectivity index (χ2n) is 6.05. The highest BCUT2D eigenvalue weighted by molar-refractivity contribution is 5.87. The number of benzene rings is 2. The molecule has 116 valence electrons. The van der Waals surface area contributed by atoms with Gasteiger partial charge < -0.3 is 0 Å². The summed E-state index contributed by atoms with van der Waals surface area (Å²) in [6, 6.07) is 25.3. The van der Waals surface area contributed by atoms with E-state index in [0.29, 0.717) is 0 Å². The van der Waals surface area contributed by atoms with Crippen LogP contribution in [-0.2, 0) is 7.05 Å². The molecule has 4 aromatic rings. The van der Waals surface area contributed by atoms with Gasteiger partial charge in [-0.15, -0.1) is 0 Å². The topological polar surface area (TPSA) is 16.8 Å². The van der Waals surface area contributed by atoms with Crippen molar-refractivity contribution in [3.05, 3.63) is 84.6 Å². The molecule has 0 aliphatic carbocycles. The van der Waals surface area contributed by atoms with Crippen LogP contribution in [0.5, 0.6) is 0 Å². The lowest BCUT2D eigenvalue weighted by molar-refractivity contribution is -0.633. The lowest BCUT2D eigenvalue weighted by Gasteiger charge is -2.11. The van der Waals surface area contributed by atoms with Crippen molar-refractivity contribution in [2.45, 2.75) is 6.92 Å². The molecule has 0 amide bonds. The molecule has 0 saturated carbocycles. The Morgan fingerprint density at radius 1 is 0.792 bits per heavy atom. The second kappa shape index (κ2) is 5.89.